The summed E-state index contributed by atoms with van der Waals surface area (Å²) in [7, 11) is 0. The first-order chi connectivity index (χ1) is 14.1. The van der Waals surface area contributed by atoms with Gasteiger partial charge in [-0.3, -0.25) is 0 Å². The van der Waals surface area contributed by atoms with E-state index < -0.39 is 11.8 Å². The van der Waals surface area contributed by atoms with Gasteiger partial charge in [0.25, 0.3) is 0 Å². The lowest BCUT2D eigenvalue weighted by molar-refractivity contribution is -0.129. The number of hydrogen-bond acceptors (Lipinski definition) is 4. The molecule has 1 aliphatic rings. The van der Waals surface area contributed by atoms with Crippen molar-refractivity contribution in [2.24, 2.45) is 4.99 Å². The number of rotatable bonds is 5. The Hall–Kier alpha value is -3.44. The summed E-state index contributed by atoms with van der Waals surface area (Å²) in [6, 6.07) is 20.6. The first-order valence-electron chi connectivity index (χ1n) is 8.83. The van der Waals surface area contributed by atoms with Gasteiger partial charge in [-0.05, 0) is 53.6 Å². The van der Waals surface area contributed by atoms with Crippen molar-refractivity contribution < 1.29 is 18.7 Å². The molecule has 0 amide bonds. The summed E-state index contributed by atoms with van der Waals surface area (Å²) in [4.78, 5) is 16.2. The van der Waals surface area contributed by atoms with Crippen LogP contribution < -0.4 is 4.74 Å². The van der Waals surface area contributed by atoms with E-state index in [0.717, 1.165) is 11.1 Å². The van der Waals surface area contributed by atoms with Gasteiger partial charge < -0.3 is 9.47 Å². The number of halogens is 2. The monoisotopic (exact) mass is 407 g/mol. The Kier molecular flexibility index (Phi) is 5.40. The summed E-state index contributed by atoms with van der Waals surface area (Å²) < 4.78 is 24.7. The van der Waals surface area contributed by atoms with Gasteiger partial charge in [0.1, 0.15) is 18.2 Å². The molecule has 4 nitrogen and oxygen atoms in total. The molecule has 0 aromatic heterocycles. The van der Waals surface area contributed by atoms with Crippen molar-refractivity contribution in [1.29, 1.82) is 0 Å². The number of hydrogen-bond donors (Lipinski definition) is 0. The summed E-state index contributed by atoms with van der Waals surface area (Å²) in [6.07, 6.45) is 1.58. The van der Waals surface area contributed by atoms with Crippen molar-refractivity contribution in [3.63, 3.8) is 0 Å². The first-order valence-corrected chi connectivity index (χ1v) is 9.21. The maximum atomic E-state index is 13.9. The summed E-state index contributed by atoms with van der Waals surface area (Å²) in [6.45, 7) is 0.417. The number of ether oxygens (including phenoxy) is 2. The van der Waals surface area contributed by atoms with Crippen LogP contribution in [0.1, 0.15) is 16.7 Å². The maximum absolute atomic E-state index is 13.9. The lowest BCUT2D eigenvalue weighted by Gasteiger charge is -2.06. The van der Waals surface area contributed by atoms with Gasteiger partial charge in [0.05, 0.1) is 5.56 Å². The summed E-state index contributed by atoms with van der Waals surface area (Å²) in [5, 5.41) is 0.678. The van der Waals surface area contributed by atoms with E-state index in [4.69, 9.17) is 21.1 Å². The highest BCUT2D eigenvalue weighted by Crippen LogP contribution is 2.22. The van der Waals surface area contributed by atoms with Gasteiger partial charge in [0.2, 0.25) is 5.90 Å². The Morgan fingerprint density at radius 1 is 1.00 bits per heavy atom. The van der Waals surface area contributed by atoms with E-state index >= 15 is 0 Å². The predicted octanol–water partition coefficient (Wildman–Crippen LogP) is 5.40. The topological polar surface area (TPSA) is 47.9 Å². The van der Waals surface area contributed by atoms with Crippen molar-refractivity contribution in [2.45, 2.75) is 6.61 Å². The zero-order valence-electron chi connectivity index (χ0n) is 15.1. The molecule has 29 heavy (non-hydrogen) atoms. The Morgan fingerprint density at radius 3 is 2.45 bits per heavy atom. The maximum Gasteiger partial charge on any atom is 0.363 e. The fourth-order valence-corrected chi connectivity index (χ4v) is 2.85. The predicted molar refractivity (Wildman–Crippen MR) is 109 cm³/mol. The molecule has 144 valence electrons. The summed E-state index contributed by atoms with van der Waals surface area (Å²) >= 11 is 5.87. The molecule has 3 aromatic rings. The summed E-state index contributed by atoms with van der Waals surface area (Å²) in [5.74, 6) is -0.470. The minimum absolute atomic E-state index is 0.0396. The highest BCUT2D eigenvalue weighted by Gasteiger charge is 2.25. The van der Waals surface area contributed by atoms with Gasteiger partial charge in [-0.2, -0.15) is 0 Å². The second-order valence-corrected chi connectivity index (χ2v) is 6.74. The van der Waals surface area contributed by atoms with Crippen LogP contribution in [0.5, 0.6) is 5.75 Å². The van der Waals surface area contributed by atoms with E-state index in [1.807, 2.05) is 24.3 Å². The molecule has 0 radical (unpaired) electrons. The molecule has 0 spiro atoms. The zero-order chi connectivity index (χ0) is 20.2. The van der Waals surface area contributed by atoms with E-state index in [1.54, 1.807) is 42.5 Å². The fraction of sp³-hybridized carbons (Fsp3) is 0.0435. The van der Waals surface area contributed by atoms with E-state index in [9.17, 15) is 9.18 Å². The number of aliphatic imine (C=N–C) groups is 1. The highest BCUT2D eigenvalue weighted by atomic mass is 35.5. The van der Waals surface area contributed by atoms with Gasteiger partial charge in [-0.1, -0.05) is 48.0 Å². The number of carbonyl (C=O) groups is 1. The standard InChI is InChI=1S/C23H15ClFNO3/c24-17-9-5-16(6-10-17)14-28-18-11-7-15(8-12-18)13-21-23(27)29-22(26-21)19-3-1-2-4-20(19)25/h1-13H,14H2/b21-13+. The van der Waals surface area contributed by atoms with Gasteiger partial charge in [-0.15, -0.1) is 0 Å². The van der Waals surface area contributed by atoms with Crippen LogP contribution in [-0.2, 0) is 16.1 Å². The van der Waals surface area contributed by atoms with E-state index in [2.05, 4.69) is 4.99 Å². The molecule has 0 N–H and O–H groups in total. The first kappa shape index (κ1) is 18.9. The molecule has 0 atom stereocenters. The Balaban J connectivity index is 1.46. The van der Waals surface area contributed by atoms with Crippen LogP contribution in [0.4, 0.5) is 4.39 Å². The molecular formula is C23H15ClFNO3. The molecule has 6 heteroatoms. The Morgan fingerprint density at radius 2 is 1.72 bits per heavy atom. The number of nitrogens with zero attached hydrogens (tertiary/aromatic N) is 1. The lowest BCUT2D eigenvalue weighted by atomic mass is 10.2. The highest BCUT2D eigenvalue weighted by molar-refractivity contribution is 6.30. The van der Waals surface area contributed by atoms with Crippen molar-refractivity contribution in [2.75, 3.05) is 0 Å². The van der Waals surface area contributed by atoms with Crippen LogP contribution in [0.25, 0.3) is 6.08 Å². The molecule has 0 fully saturated rings. The third-order valence-electron chi connectivity index (χ3n) is 4.23. The van der Waals surface area contributed by atoms with Crippen LogP contribution in [-0.4, -0.2) is 11.9 Å². The third kappa shape index (κ3) is 4.52. The van der Waals surface area contributed by atoms with Gasteiger partial charge >= 0.3 is 5.97 Å². The van der Waals surface area contributed by atoms with Crippen LogP contribution in [0.2, 0.25) is 5.02 Å². The molecule has 0 saturated heterocycles. The van der Waals surface area contributed by atoms with Crippen molar-refractivity contribution >= 4 is 29.5 Å². The van der Waals surface area contributed by atoms with Crippen LogP contribution in [0.15, 0.2) is 83.5 Å². The quantitative estimate of drug-likeness (QED) is 0.420. The Labute approximate surface area is 171 Å². The number of carbonyl (C=O) groups excluding carboxylic acids is 1. The van der Waals surface area contributed by atoms with Crippen molar-refractivity contribution in [1.82, 2.24) is 0 Å². The SMILES string of the molecule is O=C1OC(c2ccccc2F)=N/C1=C/c1ccc(OCc2ccc(Cl)cc2)cc1. The van der Waals surface area contributed by atoms with Crippen LogP contribution in [0, 0.1) is 5.82 Å². The zero-order valence-corrected chi connectivity index (χ0v) is 15.9. The summed E-state index contributed by atoms with van der Waals surface area (Å²) in [5.41, 5.74) is 2.01. The molecule has 1 aliphatic heterocycles. The molecule has 0 saturated carbocycles. The van der Waals surface area contributed by atoms with Crippen molar-refractivity contribution in [3.8, 4) is 5.75 Å². The van der Waals surface area contributed by atoms with Crippen LogP contribution in [0.3, 0.4) is 0 Å². The lowest BCUT2D eigenvalue weighted by Crippen LogP contribution is -2.07. The van der Waals surface area contributed by atoms with Crippen molar-refractivity contribution in [3.05, 3.63) is 106 Å². The molecule has 4 rings (SSSR count). The Bertz CT molecular complexity index is 1110. The smallest absolute Gasteiger partial charge is 0.363 e. The third-order valence-corrected chi connectivity index (χ3v) is 4.48. The number of cyclic esters (lactones) is 1. The van der Waals surface area contributed by atoms with E-state index in [-0.39, 0.29) is 17.2 Å². The van der Waals surface area contributed by atoms with Gasteiger partial charge in [0, 0.05) is 5.02 Å². The molecule has 1 heterocycles. The molecule has 3 aromatic carbocycles. The second-order valence-electron chi connectivity index (χ2n) is 6.30. The molecule has 0 bridgehead atoms. The minimum atomic E-state index is -0.619. The largest absolute Gasteiger partial charge is 0.489 e. The van der Waals surface area contributed by atoms with Crippen LogP contribution >= 0.6 is 11.6 Å². The normalized spacial score (nSPS) is 14.6. The average Bonchev–Trinajstić information content (AvgIpc) is 3.09. The number of esters is 1. The fourth-order valence-electron chi connectivity index (χ4n) is 2.72. The van der Waals surface area contributed by atoms with E-state index in [1.165, 1.54) is 12.1 Å². The molecule has 0 aliphatic carbocycles. The number of benzene rings is 3. The molecular weight excluding hydrogens is 393 g/mol. The minimum Gasteiger partial charge on any atom is -0.489 e. The molecule has 0 unspecified atom stereocenters. The average molecular weight is 408 g/mol. The van der Waals surface area contributed by atoms with E-state index in [0.29, 0.717) is 17.4 Å². The second kappa shape index (κ2) is 8.29. The van der Waals surface area contributed by atoms with Gasteiger partial charge in [0.15, 0.2) is 5.70 Å². The van der Waals surface area contributed by atoms with Gasteiger partial charge in [-0.25, -0.2) is 14.2 Å².